The first-order valence-corrected chi connectivity index (χ1v) is 15.2. The van der Waals surface area contributed by atoms with Crippen molar-refractivity contribution in [2.24, 2.45) is 5.92 Å². The van der Waals surface area contributed by atoms with E-state index in [4.69, 9.17) is 28.2 Å². The third kappa shape index (κ3) is 3.96. The molecule has 1 saturated carbocycles. The number of halogens is 6. The highest BCUT2D eigenvalue weighted by molar-refractivity contribution is 6.31. The second-order valence-electron chi connectivity index (χ2n) is 12.2. The van der Waals surface area contributed by atoms with Crippen molar-refractivity contribution in [3.63, 3.8) is 0 Å². The summed E-state index contributed by atoms with van der Waals surface area (Å²) in [6.45, 7) is 0.729. The molecular weight excluding hydrogens is 635 g/mol. The summed E-state index contributed by atoms with van der Waals surface area (Å²) in [5, 5.41) is 3.31. The van der Waals surface area contributed by atoms with Gasteiger partial charge in [0, 0.05) is 47.2 Å². The molecule has 8 rings (SSSR count). The maximum Gasteiger partial charge on any atom is 0.417 e. The summed E-state index contributed by atoms with van der Waals surface area (Å²) in [6, 6.07) is 11.4. The molecule has 1 amide bonds. The molecule has 13 heteroatoms. The van der Waals surface area contributed by atoms with Crippen LogP contribution in [0.25, 0.3) is 11.0 Å². The Hall–Kier alpha value is -3.67. The van der Waals surface area contributed by atoms with Crippen LogP contribution in [-0.2, 0) is 27.8 Å². The number of esters is 1. The first-order valence-electron chi connectivity index (χ1n) is 14.5. The molecule has 7 nitrogen and oxygen atoms in total. The van der Waals surface area contributed by atoms with Crippen LogP contribution in [0.1, 0.15) is 57.6 Å². The van der Waals surface area contributed by atoms with Gasteiger partial charge >= 0.3 is 12.1 Å². The number of rotatable bonds is 4. The number of imidazole rings is 1. The Morgan fingerprint density at radius 1 is 1.16 bits per heavy atom. The van der Waals surface area contributed by atoms with E-state index < -0.39 is 52.5 Å². The number of carbonyl (C=O) groups is 2. The molecule has 2 fully saturated rings. The number of benzene rings is 3. The lowest BCUT2D eigenvalue weighted by atomic mass is 9.71. The number of aromatic nitrogens is 2. The second kappa shape index (κ2) is 9.67. The van der Waals surface area contributed by atoms with Crippen molar-refractivity contribution >= 4 is 51.8 Å². The molecule has 1 aliphatic carbocycles. The highest BCUT2D eigenvalue weighted by Crippen LogP contribution is 2.65. The normalized spacial score (nSPS) is 25.5. The first kappa shape index (κ1) is 28.8. The fraction of sp³-hybridized carbons (Fsp3) is 0.344. The highest BCUT2D eigenvalue weighted by atomic mass is 35.5. The van der Waals surface area contributed by atoms with Crippen molar-refractivity contribution < 1.29 is 31.9 Å². The van der Waals surface area contributed by atoms with Crippen LogP contribution >= 0.6 is 23.2 Å². The van der Waals surface area contributed by atoms with Gasteiger partial charge in [0.25, 0.3) is 0 Å². The van der Waals surface area contributed by atoms with Gasteiger partial charge in [-0.3, -0.25) is 9.69 Å². The molecule has 4 aliphatic rings. The van der Waals surface area contributed by atoms with E-state index >= 15 is 4.39 Å². The quantitative estimate of drug-likeness (QED) is 0.187. The number of carbonyl (C=O) groups excluding carboxylic acids is 2. The summed E-state index contributed by atoms with van der Waals surface area (Å²) in [4.78, 5) is 33.8. The van der Waals surface area contributed by atoms with Gasteiger partial charge in [0.15, 0.2) is 0 Å². The molecule has 0 unspecified atom stereocenters. The summed E-state index contributed by atoms with van der Waals surface area (Å²) < 4.78 is 65.1. The van der Waals surface area contributed by atoms with Crippen LogP contribution in [0.3, 0.4) is 0 Å². The monoisotopic (exact) mass is 658 g/mol. The predicted molar refractivity (Wildman–Crippen MR) is 158 cm³/mol. The number of methoxy groups -OCH3 is 1. The molecule has 1 N–H and O–H groups in total. The maximum absolute atomic E-state index is 16.2. The molecular formula is C32H24Cl2F4N4O3. The summed E-state index contributed by atoms with van der Waals surface area (Å²) in [6.07, 6.45) is -2.90. The van der Waals surface area contributed by atoms with Crippen molar-refractivity contribution in [2.75, 3.05) is 19.0 Å². The Bertz CT molecular complexity index is 1960. The number of ether oxygens (including phenoxy) is 1. The Kier molecular flexibility index (Phi) is 6.18. The Labute approximate surface area is 264 Å². The Balaban J connectivity index is 1.41. The van der Waals surface area contributed by atoms with Crippen molar-refractivity contribution in [1.82, 2.24) is 14.5 Å². The topological polar surface area (TPSA) is 76.5 Å². The zero-order chi connectivity index (χ0) is 31.6. The molecule has 0 bridgehead atoms. The minimum atomic E-state index is -4.83. The van der Waals surface area contributed by atoms with Gasteiger partial charge in [0.2, 0.25) is 5.91 Å². The molecule has 4 atom stereocenters. The molecule has 4 aromatic rings. The van der Waals surface area contributed by atoms with Gasteiger partial charge in [-0.2, -0.15) is 13.2 Å². The number of amides is 1. The van der Waals surface area contributed by atoms with E-state index in [2.05, 4.69) is 15.0 Å². The van der Waals surface area contributed by atoms with E-state index in [1.54, 1.807) is 34.9 Å². The largest absolute Gasteiger partial charge is 0.465 e. The maximum atomic E-state index is 16.2. The van der Waals surface area contributed by atoms with Crippen LogP contribution in [0.15, 0.2) is 48.5 Å². The summed E-state index contributed by atoms with van der Waals surface area (Å²) in [5.74, 6) is -2.92. The Morgan fingerprint density at radius 3 is 2.64 bits per heavy atom. The van der Waals surface area contributed by atoms with E-state index in [1.807, 2.05) is 0 Å². The number of hydrogen-bond donors (Lipinski definition) is 1. The molecule has 1 aromatic heterocycles. The molecule has 232 valence electrons. The second-order valence-corrected chi connectivity index (χ2v) is 13.0. The standard InChI is InChI=1S/C32H24Cl2F4N4O3/c1-45-29(43)17-10-22-23(11-19(17)32(36,37)38)41-13-24-25(28(41)39-22)26(16-3-2-4-20(34)27(16)35)31(42(24)12-14-5-6-14)18-8-7-15(33)9-21(18)40-30(31)44/h2-4,7-11,14,24-26H,5-6,12-13H2,1H3,(H,40,44)/t24-,25+,26-,31+/m0/s1. The summed E-state index contributed by atoms with van der Waals surface area (Å²) in [5.41, 5.74) is -1.43. The molecule has 1 spiro atoms. The fourth-order valence-electron chi connectivity index (χ4n) is 7.91. The fourth-order valence-corrected chi connectivity index (χ4v) is 8.26. The zero-order valence-corrected chi connectivity index (χ0v) is 25.1. The van der Waals surface area contributed by atoms with E-state index in [-0.39, 0.29) is 34.1 Å². The molecule has 0 radical (unpaired) electrons. The first-order chi connectivity index (χ1) is 21.4. The Morgan fingerprint density at radius 2 is 1.93 bits per heavy atom. The minimum absolute atomic E-state index is 0.112. The molecule has 3 aliphatic heterocycles. The number of fused-ring (bicyclic) bond motifs is 7. The predicted octanol–water partition coefficient (Wildman–Crippen LogP) is 7.11. The number of nitrogens with one attached hydrogen (secondary N) is 1. The number of alkyl halides is 3. The molecule has 1 saturated heterocycles. The van der Waals surface area contributed by atoms with Gasteiger partial charge in [-0.25, -0.2) is 14.2 Å². The van der Waals surface area contributed by atoms with E-state index in [9.17, 15) is 22.8 Å². The van der Waals surface area contributed by atoms with Crippen LogP contribution in [0.4, 0.5) is 23.2 Å². The van der Waals surface area contributed by atoms with Gasteiger partial charge in [0.1, 0.15) is 17.2 Å². The SMILES string of the molecule is COC(=O)c1cc2nc3n(c2cc1C(F)(F)F)C[C@H]1[C@@H]3[C@H](c2cccc(Cl)c2F)[C@]2(C(=O)Nc3cc(Cl)ccc32)N1CC1CC1. The van der Waals surface area contributed by atoms with Crippen molar-refractivity contribution in [1.29, 1.82) is 0 Å². The van der Waals surface area contributed by atoms with E-state index in [0.29, 0.717) is 34.6 Å². The van der Waals surface area contributed by atoms with Gasteiger partial charge < -0.3 is 14.6 Å². The lowest BCUT2D eigenvalue weighted by Gasteiger charge is -2.40. The molecule has 4 heterocycles. The number of anilines is 1. The van der Waals surface area contributed by atoms with Gasteiger partial charge in [-0.05, 0) is 54.7 Å². The van der Waals surface area contributed by atoms with Crippen LogP contribution in [0.5, 0.6) is 0 Å². The summed E-state index contributed by atoms with van der Waals surface area (Å²) >= 11 is 12.7. The lowest BCUT2D eigenvalue weighted by Crippen LogP contribution is -2.53. The average molecular weight is 659 g/mol. The van der Waals surface area contributed by atoms with Crippen LogP contribution in [0, 0.1) is 11.7 Å². The van der Waals surface area contributed by atoms with E-state index in [1.165, 1.54) is 6.07 Å². The lowest BCUT2D eigenvalue weighted by molar-refractivity contribution is -0.138. The molecule has 3 aromatic carbocycles. The van der Waals surface area contributed by atoms with Crippen molar-refractivity contribution in [3.8, 4) is 0 Å². The van der Waals surface area contributed by atoms with Crippen LogP contribution in [-0.4, -0.2) is 46.0 Å². The minimum Gasteiger partial charge on any atom is -0.465 e. The van der Waals surface area contributed by atoms with E-state index in [0.717, 1.165) is 32.1 Å². The number of hydrogen-bond acceptors (Lipinski definition) is 5. The number of likely N-dealkylation sites (tertiary alicyclic amines) is 1. The molecule has 45 heavy (non-hydrogen) atoms. The van der Waals surface area contributed by atoms with Gasteiger partial charge in [-0.15, -0.1) is 0 Å². The number of nitrogens with zero attached hydrogens (tertiary/aromatic N) is 3. The van der Waals surface area contributed by atoms with Crippen molar-refractivity contribution in [3.05, 3.63) is 92.5 Å². The van der Waals surface area contributed by atoms with Crippen LogP contribution < -0.4 is 5.32 Å². The zero-order valence-electron chi connectivity index (χ0n) is 23.6. The van der Waals surface area contributed by atoms with Gasteiger partial charge in [-0.1, -0.05) is 41.4 Å². The third-order valence-electron chi connectivity index (χ3n) is 9.83. The summed E-state index contributed by atoms with van der Waals surface area (Å²) in [7, 11) is 1.01. The van der Waals surface area contributed by atoms with Gasteiger partial charge in [0.05, 0.1) is 34.3 Å². The third-order valence-corrected chi connectivity index (χ3v) is 10.4. The van der Waals surface area contributed by atoms with Crippen LogP contribution in [0.2, 0.25) is 10.0 Å². The van der Waals surface area contributed by atoms with Crippen molar-refractivity contribution in [2.45, 2.75) is 49.0 Å². The smallest absolute Gasteiger partial charge is 0.417 e. The highest BCUT2D eigenvalue weighted by Gasteiger charge is 2.70. The average Bonchev–Trinajstić information content (AvgIpc) is 3.44.